The Kier molecular flexibility index (Phi) is 10.7. The first-order valence-corrected chi connectivity index (χ1v) is 13.9. The van der Waals surface area contributed by atoms with Gasteiger partial charge >= 0.3 is 6.09 Å². The quantitative estimate of drug-likeness (QED) is 0.317. The molecule has 0 bridgehead atoms. The van der Waals surface area contributed by atoms with Gasteiger partial charge in [0.25, 0.3) is 0 Å². The lowest BCUT2D eigenvalue weighted by Crippen LogP contribution is -2.41. The number of thiophene rings is 1. The summed E-state index contributed by atoms with van der Waals surface area (Å²) in [6.07, 6.45) is 9.47. The zero-order valence-electron chi connectivity index (χ0n) is 20.9. The van der Waals surface area contributed by atoms with Gasteiger partial charge in [-0.3, -0.25) is 4.90 Å². The van der Waals surface area contributed by atoms with Gasteiger partial charge in [0.1, 0.15) is 5.75 Å². The Bertz CT molecular complexity index is 828. The smallest absolute Gasteiger partial charge is 0.410 e. The van der Waals surface area contributed by atoms with Gasteiger partial charge in [-0.2, -0.15) is 0 Å². The molecule has 1 aromatic carbocycles. The molecular formula is C28H42N2O2S. The van der Waals surface area contributed by atoms with E-state index >= 15 is 0 Å². The zero-order chi connectivity index (χ0) is 23.5. The average Bonchev–Trinajstić information content (AvgIpc) is 3.35. The predicted octanol–water partition coefficient (Wildman–Crippen LogP) is 6.96. The highest BCUT2D eigenvalue weighted by molar-refractivity contribution is 7.09. The molecule has 0 fully saturated rings. The molecule has 4 nitrogen and oxygen atoms in total. The first kappa shape index (κ1) is 25.8. The van der Waals surface area contributed by atoms with Crippen LogP contribution in [-0.4, -0.2) is 48.1 Å². The van der Waals surface area contributed by atoms with Crippen LogP contribution in [0.3, 0.4) is 0 Å². The summed E-state index contributed by atoms with van der Waals surface area (Å²) in [4.78, 5) is 19.0. The fourth-order valence-corrected chi connectivity index (χ4v) is 5.48. The van der Waals surface area contributed by atoms with Crippen LogP contribution < -0.4 is 4.74 Å². The number of carbonyl (C=O) groups excluding carboxylic acids is 1. The van der Waals surface area contributed by atoms with Crippen LogP contribution in [0.4, 0.5) is 4.79 Å². The molecular weight excluding hydrogens is 428 g/mol. The van der Waals surface area contributed by atoms with Crippen LogP contribution >= 0.6 is 11.3 Å². The third-order valence-corrected chi connectivity index (χ3v) is 7.62. The molecule has 1 unspecified atom stereocenters. The van der Waals surface area contributed by atoms with Crippen LogP contribution in [0.15, 0.2) is 35.7 Å². The van der Waals surface area contributed by atoms with Gasteiger partial charge in [-0.25, -0.2) is 4.79 Å². The molecule has 0 aliphatic heterocycles. The minimum absolute atomic E-state index is 0.184. The molecule has 0 saturated heterocycles. The molecule has 1 heterocycles. The van der Waals surface area contributed by atoms with Gasteiger partial charge in [-0.05, 0) is 80.1 Å². The van der Waals surface area contributed by atoms with Crippen LogP contribution in [0.25, 0.3) is 0 Å². The molecule has 0 saturated carbocycles. The van der Waals surface area contributed by atoms with Crippen molar-refractivity contribution in [2.45, 2.75) is 84.6 Å². The summed E-state index contributed by atoms with van der Waals surface area (Å²) in [5, 5.41) is 2.17. The van der Waals surface area contributed by atoms with Crippen molar-refractivity contribution in [1.29, 1.82) is 0 Å². The maximum atomic E-state index is 13.0. The molecule has 182 valence electrons. The van der Waals surface area contributed by atoms with Crippen molar-refractivity contribution < 1.29 is 9.53 Å². The summed E-state index contributed by atoms with van der Waals surface area (Å²) in [5.41, 5.74) is 2.59. The van der Waals surface area contributed by atoms with E-state index in [1.807, 2.05) is 22.3 Å². The van der Waals surface area contributed by atoms with E-state index in [2.05, 4.69) is 55.3 Å². The summed E-state index contributed by atoms with van der Waals surface area (Å²) >= 11 is 1.86. The van der Waals surface area contributed by atoms with E-state index in [1.54, 1.807) is 0 Å². The highest BCUT2D eigenvalue weighted by Gasteiger charge is 2.27. The third kappa shape index (κ3) is 7.58. The van der Waals surface area contributed by atoms with Crippen molar-refractivity contribution in [3.8, 4) is 5.75 Å². The molecule has 1 aliphatic carbocycles. The number of rotatable bonds is 13. The number of hydrogen-bond donors (Lipinski definition) is 0. The highest BCUT2D eigenvalue weighted by atomic mass is 32.1. The Morgan fingerprint density at radius 1 is 1.00 bits per heavy atom. The maximum Gasteiger partial charge on any atom is 0.415 e. The van der Waals surface area contributed by atoms with Crippen LogP contribution in [0, 0.1) is 0 Å². The monoisotopic (exact) mass is 470 g/mol. The van der Waals surface area contributed by atoms with E-state index in [0.29, 0.717) is 6.04 Å². The van der Waals surface area contributed by atoms with E-state index in [-0.39, 0.29) is 6.09 Å². The number of nitrogens with zero attached hydrogens (tertiary/aromatic N) is 2. The molecule has 5 heteroatoms. The van der Waals surface area contributed by atoms with E-state index < -0.39 is 0 Å². The average molecular weight is 471 g/mol. The molecule has 0 radical (unpaired) electrons. The van der Waals surface area contributed by atoms with Crippen molar-refractivity contribution in [1.82, 2.24) is 9.80 Å². The lowest BCUT2D eigenvalue weighted by molar-refractivity contribution is 0.149. The minimum atomic E-state index is -0.184. The number of fused-ring (bicyclic) bond motifs is 1. The van der Waals surface area contributed by atoms with E-state index in [1.165, 1.54) is 22.4 Å². The molecule has 1 aromatic heterocycles. The van der Waals surface area contributed by atoms with Gasteiger partial charge in [0.2, 0.25) is 0 Å². The number of ether oxygens (including phenoxy) is 1. The van der Waals surface area contributed by atoms with Gasteiger partial charge in [0, 0.05) is 30.6 Å². The zero-order valence-corrected chi connectivity index (χ0v) is 21.7. The van der Waals surface area contributed by atoms with Crippen molar-refractivity contribution in [3.05, 3.63) is 51.7 Å². The van der Waals surface area contributed by atoms with Crippen LogP contribution in [0.1, 0.15) is 75.3 Å². The second-order valence-electron chi connectivity index (χ2n) is 9.22. The Morgan fingerprint density at radius 3 is 2.45 bits per heavy atom. The van der Waals surface area contributed by atoms with Crippen molar-refractivity contribution >= 4 is 17.4 Å². The van der Waals surface area contributed by atoms with Crippen LogP contribution in [-0.2, 0) is 19.3 Å². The number of benzene rings is 1. The van der Waals surface area contributed by atoms with Crippen LogP contribution in [0.2, 0.25) is 0 Å². The van der Waals surface area contributed by atoms with E-state index in [4.69, 9.17) is 4.74 Å². The molecule has 3 rings (SSSR count). The predicted molar refractivity (Wildman–Crippen MR) is 140 cm³/mol. The topological polar surface area (TPSA) is 32.8 Å². The Balaban J connectivity index is 1.66. The lowest BCUT2D eigenvalue weighted by Gasteiger charge is -2.35. The van der Waals surface area contributed by atoms with Crippen molar-refractivity contribution in [2.75, 3.05) is 26.2 Å². The van der Waals surface area contributed by atoms with Gasteiger partial charge in [-0.15, -0.1) is 11.3 Å². The number of amides is 1. The molecule has 1 aliphatic rings. The first-order valence-electron chi connectivity index (χ1n) is 13.0. The molecule has 1 atom stereocenters. The maximum absolute atomic E-state index is 13.0. The van der Waals surface area contributed by atoms with E-state index in [9.17, 15) is 4.79 Å². The summed E-state index contributed by atoms with van der Waals surface area (Å²) in [6, 6.07) is 11.2. The second kappa shape index (κ2) is 13.8. The number of hydrogen-bond acceptors (Lipinski definition) is 4. The Hall–Kier alpha value is -1.85. The summed E-state index contributed by atoms with van der Waals surface area (Å²) in [6.45, 7) is 10.4. The molecule has 1 amide bonds. The normalized spacial score (nSPS) is 15.5. The van der Waals surface area contributed by atoms with Gasteiger partial charge in [-0.1, -0.05) is 51.8 Å². The van der Waals surface area contributed by atoms with Gasteiger partial charge < -0.3 is 9.64 Å². The Labute approximate surface area is 204 Å². The lowest BCUT2D eigenvalue weighted by atomic mass is 9.86. The fraction of sp³-hybridized carbons (Fsp3) is 0.607. The Morgan fingerprint density at radius 2 is 1.79 bits per heavy atom. The van der Waals surface area contributed by atoms with Crippen molar-refractivity contribution in [2.24, 2.45) is 0 Å². The van der Waals surface area contributed by atoms with Crippen molar-refractivity contribution in [3.63, 3.8) is 0 Å². The molecule has 0 spiro atoms. The highest BCUT2D eigenvalue weighted by Crippen LogP contribution is 2.32. The molecule has 33 heavy (non-hydrogen) atoms. The van der Waals surface area contributed by atoms with Gasteiger partial charge in [0.15, 0.2) is 0 Å². The summed E-state index contributed by atoms with van der Waals surface area (Å²) in [7, 11) is 0. The second-order valence-corrected chi connectivity index (χ2v) is 10.3. The summed E-state index contributed by atoms with van der Waals surface area (Å²) in [5.74, 6) is 0.773. The SMILES string of the molecule is CCCCN(CCCC)C(=O)Oc1cccc2c1CCC(N(CCC)CCc1cccs1)C2. The summed E-state index contributed by atoms with van der Waals surface area (Å²) < 4.78 is 5.98. The third-order valence-electron chi connectivity index (χ3n) is 6.68. The minimum Gasteiger partial charge on any atom is -0.410 e. The van der Waals surface area contributed by atoms with Crippen LogP contribution in [0.5, 0.6) is 5.75 Å². The molecule has 2 aromatic rings. The number of unbranched alkanes of at least 4 members (excludes halogenated alkanes) is 2. The fourth-order valence-electron chi connectivity index (χ4n) is 4.78. The van der Waals surface area contributed by atoms with Gasteiger partial charge in [0.05, 0.1) is 0 Å². The van der Waals surface area contributed by atoms with E-state index in [0.717, 1.165) is 83.3 Å². The largest absolute Gasteiger partial charge is 0.415 e. The number of carbonyl (C=O) groups is 1. The first-order chi connectivity index (χ1) is 16.2. The molecule has 0 N–H and O–H groups in total. The standard InChI is InChI=1S/C28H42N2O2S/c1-4-7-18-30(19-8-5-2)28(31)32-27-13-9-11-23-22-24(14-15-26(23)27)29(17-6-3)20-16-25-12-10-21-33-25/h9-13,21,24H,4-8,14-20,22H2,1-3H3.